The molecule has 0 spiro atoms. The summed E-state index contributed by atoms with van der Waals surface area (Å²) in [6.45, 7) is 10.9. The summed E-state index contributed by atoms with van der Waals surface area (Å²) in [7, 11) is 0. The molecule has 0 radical (unpaired) electrons. The highest BCUT2D eigenvalue weighted by Crippen LogP contribution is 2.29. The Kier molecular flexibility index (Phi) is 7.60. The number of amides is 2. The Balaban J connectivity index is 2.65. The summed E-state index contributed by atoms with van der Waals surface area (Å²) in [5, 5.41) is 6.20. The molecule has 7 heteroatoms. The third kappa shape index (κ3) is 6.49. The number of carbonyl (C=O) groups excluding carboxylic acids is 3. The van der Waals surface area contributed by atoms with E-state index in [2.05, 4.69) is 10.6 Å². The van der Waals surface area contributed by atoms with Crippen molar-refractivity contribution >= 4 is 34.1 Å². The van der Waals surface area contributed by atoms with Crippen LogP contribution in [0.1, 0.15) is 62.7 Å². The smallest absolute Gasteiger partial charge is 0.349 e. The summed E-state index contributed by atoms with van der Waals surface area (Å²) in [5.74, 6) is -0.991. The van der Waals surface area contributed by atoms with Gasteiger partial charge in [-0.05, 0) is 31.4 Å². The van der Waals surface area contributed by atoms with E-state index in [9.17, 15) is 14.4 Å². The van der Waals surface area contributed by atoms with Crippen LogP contribution in [0.3, 0.4) is 0 Å². The Labute approximate surface area is 153 Å². The summed E-state index contributed by atoms with van der Waals surface area (Å²) in [4.78, 5) is 36.4. The molecule has 2 N–H and O–H groups in total. The first-order valence-electron chi connectivity index (χ1n) is 8.46. The summed E-state index contributed by atoms with van der Waals surface area (Å²) < 4.78 is 5.09. The number of esters is 1. The molecule has 0 unspecified atom stereocenters. The predicted molar refractivity (Wildman–Crippen MR) is 99.9 cm³/mol. The number of rotatable bonds is 7. The zero-order chi connectivity index (χ0) is 19.2. The number of hydrogen-bond acceptors (Lipinski definition) is 5. The fraction of sp³-hybridized carbons (Fsp3) is 0.611. The molecule has 2 amide bonds. The second kappa shape index (κ2) is 8.99. The van der Waals surface area contributed by atoms with Gasteiger partial charge in [0.2, 0.25) is 5.91 Å². The van der Waals surface area contributed by atoms with Crippen molar-refractivity contribution in [2.45, 2.75) is 60.4 Å². The molecule has 0 aliphatic heterocycles. The van der Waals surface area contributed by atoms with E-state index in [1.54, 1.807) is 13.0 Å². The number of nitrogens with one attached hydrogen (secondary N) is 2. The van der Waals surface area contributed by atoms with Gasteiger partial charge >= 0.3 is 5.97 Å². The van der Waals surface area contributed by atoms with Crippen molar-refractivity contribution in [1.29, 1.82) is 0 Å². The van der Waals surface area contributed by atoms with Gasteiger partial charge < -0.3 is 15.4 Å². The minimum Gasteiger partial charge on any atom is -0.451 e. The van der Waals surface area contributed by atoms with E-state index in [1.807, 2.05) is 34.6 Å². The highest BCUT2D eigenvalue weighted by Gasteiger charge is 2.23. The molecule has 140 valence electrons. The first-order chi connectivity index (χ1) is 11.6. The second-order valence-electron chi connectivity index (χ2n) is 6.98. The van der Waals surface area contributed by atoms with Gasteiger partial charge in [0.1, 0.15) is 4.88 Å². The molecule has 1 rings (SSSR count). The van der Waals surface area contributed by atoms with Crippen molar-refractivity contribution in [3.8, 4) is 0 Å². The maximum absolute atomic E-state index is 12.2. The number of carbonyl (C=O) groups is 3. The van der Waals surface area contributed by atoms with Crippen LogP contribution in [0.5, 0.6) is 0 Å². The van der Waals surface area contributed by atoms with Crippen molar-refractivity contribution in [2.24, 2.45) is 5.41 Å². The van der Waals surface area contributed by atoms with Crippen molar-refractivity contribution < 1.29 is 19.1 Å². The van der Waals surface area contributed by atoms with E-state index in [4.69, 9.17) is 4.74 Å². The largest absolute Gasteiger partial charge is 0.451 e. The third-order valence-corrected chi connectivity index (χ3v) is 4.84. The summed E-state index contributed by atoms with van der Waals surface area (Å²) in [6, 6.07) is 1.82. The molecule has 0 bridgehead atoms. The fourth-order valence-corrected chi connectivity index (χ4v) is 2.97. The minimum atomic E-state index is -0.557. The van der Waals surface area contributed by atoms with Gasteiger partial charge in [-0.1, -0.05) is 34.6 Å². The van der Waals surface area contributed by atoms with E-state index >= 15 is 0 Å². The maximum atomic E-state index is 12.2. The molecule has 0 atom stereocenters. The fourth-order valence-electron chi connectivity index (χ4n) is 2.00. The van der Waals surface area contributed by atoms with Crippen LogP contribution in [0.25, 0.3) is 0 Å². The van der Waals surface area contributed by atoms with Gasteiger partial charge in [0.15, 0.2) is 6.61 Å². The SMILES string of the molecule is CCC(CC)NC(=O)COC(=O)c1sc(NC(=O)C(C)(C)C)cc1C. The highest BCUT2D eigenvalue weighted by atomic mass is 32.1. The molecule has 0 saturated carbocycles. The second-order valence-corrected chi connectivity index (χ2v) is 8.04. The Morgan fingerprint density at radius 1 is 1.20 bits per heavy atom. The lowest BCUT2D eigenvalue weighted by Crippen LogP contribution is -2.36. The van der Waals surface area contributed by atoms with Crippen LogP contribution in [-0.4, -0.2) is 30.4 Å². The van der Waals surface area contributed by atoms with Crippen molar-refractivity contribution in [3.63, 3.8) is 0 Å². The minimum absolute atomic E-state index is 0.0916. The monoisotopic (exact) mass is 368 g/mol. The van der Waals surface area contributed by atoms with Crippen LogP contribution < -0.4 is 10.6 Å². The van der Waals surface area contributed by atoms with Crippen LogP contribution in [0, 0.1) is 12.3 Å². The zero-order valence-corrected chi connectivity index (χ0v) is 16.6. The Hall–Kier alpha value is -1.89. The molecule has 6 nitrogen and oxygen atoms in total. The predicted octanol–water partition coefficient (Wildman–Crippen LogP) is 3.50. The number of thiophene rings is 1. The van der Waals surface area contributed by atoms with Gasteiger partial charge in [-0.25, -0.2) is 4.79 Å². The van der Waals surface area contributed by atoms with E-state index in [0.717, 1.165) is 24.2 Å². The van der Waals surface area contributed by atoms with Crippen LogP contribution >= 0.6 is 11.3 Å². The molecule has 1 aromatic heterocycles. The molecule has 0 aliphatic carbocycles. The average Bonchev–Trinajstić information content (AvgIpc) is 2.89. The quantitative estimate of drug-likeness (QED) is 0.722. The van der Waals surface area contributed by atoms with Crippen LogP contribution in [0.2, 0.25) is 0 Å². The molecular weight excluding hydrogens is 340 g/mol. The molecule has 1 aromatic rings. The van der Waals surface area contributed by atoms with Crippen molar-refractivity contribution in [1.82, 2.24) is 5.32 Å². The van der Waals surface area contributed by atoms with Gasteiger partial charge in [0, 0.05) is 11.5 Å². The topological polar surface area (TPSA) is 84.5 Å². The molecule has 25 heavy (non-hydrogen) atoms. The first-order valence-corrected chi connectivity index (χ1v) is 9.28. The van der Waals surface area contributed by atoms with Crippen LogP contribution in [0.4, 0.5) is 5.00 Å². The Morgan fingerprint density at radius 2 is 1.80 bits per heavy atom. The van der Waals surface area contributed by atoms with E-state index in [-0.39, 0.29) is 24.5 Å². The van der Waals surface area contributed by atoms with E-state index in [1.165, 1.54) is 0 Å². The standard InChI is InChI=1S/C18H28N2O4S/c1-7-12(8-2)19-13(21)10-24-16(22)15-11(3)9-14(25-15)20-17(23)18(4,5)6/h9,12H,7-8,10H2,1-6H3,(H,19,21)(H,20,23). The Bertz CT molecular complexity index is 628. The average molecular weight is 368 g/mol. The maximum Gasteiger partial charge on any atom is 0.349 e. The summed E-state index contributed by atoms with van der Waals surface area (Å²) in [5.41, 5.74) is 0.186. The highest BCUT2D eigenvalue weighted by molar-refractivity contribution is 7.18. The number of aryl methyl sites for hydroxylation is 1. The lowest BCUT2D eigenvalue weighted by molar-refractivity contribution is -0.125. The zero-order valence-electron chi connectivity index (χ0n) is 15.8. The van der Waals surface area contributed by atoms with Gasteiger partial charge in [0.05, 0.1) is 5.00 Å². The molecule has 0 saturated heterocycles. The Morgan fingerprint density at radius 3 is 2.32 bits per heavy atom. The molecule has 0 fully saturated rings. The first kappa shape index (κ1) is 21.2. The molecule has 1 heterocycles. The third-order valence-electron chi connectivity index (χ3n) is 3.71. The number of anilines is 1. The van der Waals surface area contributed by atoms with Crippen LogP contribution in [0.15, 0.2) is 6.07 Å². The van der Waals surface area contributed by atoms with Gasteiger partial charge in [-0.3, -0.25) is 9.59 Å². The van der Waals surface area contributed by atoms with E-state index < -0.39 is 11.4 Å². The van der Waals surface area contributed by atoms with Gasteiger partial charge in [-0.2, -0.15) is 0 Å². The number of hydrogen-bond donors (Lipinski definition) is 2. The number of ether oxygens (including phenoxy) is 1. The lowest BCUT2D eigenvalue weighted by atomic mass is 9.96. The van der Waals surface area contributed by atoms with Gasteiger partial charge in [0.25, 0.3) is 5.91 Å². The lowest BCUT2D eigenvalue weighted by Gasteiger charge is -2.16. The molecule has 0 aliphatic rings. The summed E-state index contributed by atoms with van der Waals surface area (Å²) >= 11 is 1.15. The van der Waals surface area contributed by atoms with Crippen molar-refractivity contribution in [2.75, 3.05) is 11.9 Å². The normalized spacial score (nSPS) is 11.3. The summed E-state index contributed by atoms with van der Waals surface area (Å²) in [6.07, 6.45) is 1.66. The van der Waals surface area contributed by atoms with Crippen molar-refractivity contribution in [3.05, 3.63) is 16.5 Å². The van der Waals surface area contributed by atoms with E-state index in [0.29, 0.717) is 15.4 Å². The van der Waals surface area contributed by atoms with Crippen LogP contribution in [-0.2, 0) is 14.3 Å². The molecular formula is C18H28N2O4S. The molecule has 0 aromatic carbocycles. The van der Waals surface area contributed by atoms with Gasteiger partial charge in [-0.15, -0.1) is 11.3 Å².